The summed E-state index contributed by atoms with van der Waals surface area (Å²) in [6, 6.07) is 2.19. The SMILES string of the molecule is Cc1nn(C)c(C)c1-c1cc(C(=O)NC(C2CC2)C2CC2)[nH]n1. The van der Waals surface area contributed by atoms with Crippen molar-refractivity contribution in [1.82, 2.24) is 25.3 Å². The van der Waals surface area contributed by atoms with Crippen molar-refractivity contribution in [3.63, 3.8) is 0 Å². The van der Waals surface area contributed by atoms with Crippen LogP contribution >= 0.6 is 0 Å². The summed E-state index contributed by atoms with van der Waals surface area (Å²) in [7, 11) is 1.92. The van der Waals surface area contributed by atoms with E-state index >= 15 is 0 Å². The van der Waals surface area contributed by atoms with Gasteiger partial charge in [-0.25, -0.2) is 0 Å². The fourth-order valence-corrected chi connectivity index (χ4v) is 3.47. The summed E-state index contributed by atoms with van der Waals surface area (Å²) in [5, 5.41) is 14.9. The molecule has 2 aromatic heterocycles. The average Bonchev–Trinajstić information content (AvgIpc) is 3.43. The monoisotopic (exact) mass is 313 g/mol. The van der Waals surface area contributed by atoms with Crippen molar-refractivity contribution in [2.24, 2.45) is 18.9 Å². The molecule has 0 unspecified atom stereocenters. The largest absolute Gasteiger partial charge is 0.347 e. The van der Waals surface area contributed by atoms with E-state index < -0.39 is 0 Å². The van der Waals surface area contributed by atoms with Crippen LogP contribution in [0.3, 0.4) is 0 Å². The van der Waals surface area contributed by atoms with Crippen LogP contribution in [0.4, 0.5) is 0 Å². The third-order valence-corrected chi connectivity index (χ3v) is 5.15. The molecule has 0 radical (unpaired) electrons. The molecule has 0 saturated heterocycles. The standard InChI is InChI=1S/C17H23N5O/c1-9-15(10(2)22(3)21-9)13-8-14(20-19-13)17(23)18-16(11-4-5-11)12-6-7-12/h8,11-12,16H,4-7H2,1-3H3,(H,18,23)(H,19,20). The van der Waals surface area contributed by atoms with Crippen molar-refractivity contribution in [3.05, 3.63) is 23.1 Å². The first-order chi connectivity index (χ1) is 11.0. The normalized spacial score (nSPS) is 17.7. The summed E-state index contributed by atoms with van der Waals surface area (Å²) in [6.07, 6.45) is 5.01. The van der Waals surface area contributed by atoms with Gasteiger partial charge in [-0.2, -0.15) is 10.2 Å². The number of amides is 1. The van der Waals surface area contributed by atoms with E-state index in [4.69, 9.17) is 0 Å². The third-order valence-electron chi connectivity index (χ3n) is 5.15. The van der Waals surface area contributed by atoms with Gasteiger partial charge in [-0.3, -0.25) is 14.6 Å². The number of aryl methyl sites for hydroxylation is 2. The molecule has 0 aliphatic heterocycles. The van der Waals surface area contributed by atoms with E-state index in [0.29, 0.717) is 23.6 Å². The van der Waals surface area contributed by atoms with Gasteiger partial charge in [0.1, 0.15) is 5.69 Å². The molecule has 1 amide bonds. The van der Waals surface area contributed by atoms with Gasteiger partial charge in [0.15, 0.2) is 0 Å². The highest BCUT2D eigenvalue weighted by molar-refractivity contribution is 5.93. The lowest BCUT2D eigenvalue weighted by molar-refractivity contribution is 0.0921. The molecule has 0 bridgehead atoms. The molecule has 23 heavy (non-hydrogen) atoms. The minimum absolute atomic E-state index is 0.0354. The molecule has 2 heterocycles. The Kier molecular flexibility index (Phi) is 3.28. The average molecular weight is 313 g/mol. The Hall–Kier alpha value is -2.11. The molecule has 6 heteroatoms. The first-order valence-electron chi connectivity index (χ1n) is 8.41. The second kappa shape index (κ2) is 5.22. The minimum Gasteiger partial charge on any atom is -0.347 e. The Bertz CT molecular complexity index is 739. The van der Waals surface area contributed by atoms with Crippen molar-refractivity contribution >= 4 is 5.91 Å². The summed E-state index contributed by atoms with van der Waals surface area (Å²) in [5.74, 6) is 1.35. The lowest BCUT2D eigenvalue weighted by Crippen LogP contribution is -2.38. The van der Waals surface area contributed by atoms with Crippen LogP contribution in [0.25, 0.3) is 11.3 Å². The zero-order valence-electron chi connectivity index (χ0n) is 13.9. The number of H-pyrrole nitrogens is 1. The smallest absolute Gasteiger partial charge is 0.269 e. The van der Waals surface area contributed by atoms with E-state index in [1.807, 2.05) is 31.6 Å². The zero-order chi connectivity index (χ0) is 16.1. The molecule has 0 atom stereocenters. The quantitative estimate of drug-likeness (QED) is 0.889. The number of carbonyl (C=O) groups excluding carboxylic acids is 1. The maximum absolute atomic E-state index is 12.5. The van der Waals surface area contributed by atoms with Gasteiger partial charge in [-0.1, -0.05) is 0 Å². The molecular weight excluding hydrogens is 290 g/mol. The Labute approximate surface area is 135 Å². The summed E-state index contributed by atoms with van der Waals surface area (Å²) in [6.45, 7) is 3.98. The molecule has 2 aromatic rings. The predicted octanol–water partition coefficient (Wildman–Crippen LogP) is 2.35. The maximum atomic E-state index is 12.5. The van der Waals surface area contributed by atoms with E-state index in [1.54, 1.807) is 0 Å². The number of carbonyl (C=O) groups is 1. The van der Waals surface area contributed by atoms with Crippen molar-refractivity contribution < 1.29 is 4.79 Å². The van der Waals surface area contributed by atoms with Crippen LogP contribution in [0, 0.1) is 25.7 Å². The van der Waals surface area contributed by atoms with Gasteiger partial charge in [0.2, 0.25) is 0 Å². The molecule has 2 aliphatic rings. The number of aromatic amines is 1. The van der Waals surface area contributed by atoms with Gasteiger partial charge in [-0.05, 0) is 57.4 Å². The first-order valence-corrected chi connectivity index (χ1v) is 8.41. The first kappa shape index (κ1) is 14.5. The Morgan fingerprint density at radius 2 is 1.96 bits per heavy atom. The van der Waals surface area contributed by atoms with Crippen LogP contribution in [0.5, 0.6) is 0 Å². The Morgan fingerprint density at radius 1 is 1.30 bits per heavy atom. The van der Waals surface area contributed by atoms with E-state index in [-0.39, 0.29) is 5.91 Å². The van der Waals surface area contributed by atoms with Gasteiger partial charge in [0.25, 0.3) is 5.91 Å². The van der Waals surface area contributed by atoms with Crippen LogP contribution in [0.1, 0.15) is 47.6 Å². The topological polar surface area (TPSA) is 75.6 Å². The number of nitrogens with zero attached hydrogens (tertiary/aromatic N) is 3. The van der Waals surface area contributed by atoms with Crippen molar-refractivity contribution in [2.75, 3.05) is 0 Å². The summed E-state index contributed by atoms with van der Waals surface area (Å²) < 4.78 is 1.84. The van der Waals surface area contributed by atoms with Crippen LogP contribution < -0.4 is 5.32 Å². The van der Waals surface area contributed by atoms with E-state index in [0.717, 1.165) is 22.6 Å². The van der Waals surface area contributed by atoms with Crippen molar-refractivity contribution in [1.29, 1.82) is 0 Å². The number of rotatable bonds is 5. The maximum Gasteiger partial charge on any atom is 0.269 e. The van der Waals surface area contributed by atoms with Crippen molar-refractivity contribution in [2.45, 2.75) is 45.6 Å². The summed E-state index contributed by atoms with van der Waals surface area (Å²) in [4.78, 5) is 12.5. The fourth-order valence-electron chi connectivity index (χ4n) is 3.47. The number of aromatic nitrogens is 4. The Balaban J connectivity index is 1.54. The number of hydrogen-bond acceptors (Lipinski definition) is 3. The highest BCUT2D eigenvalue weighted by Gasteiger charge is 2.42. The molecule has 2 fully saturated rings. The molecule has 122 valence electrons. The highest BCUT2D eigenvalue weighted by Crippen LogP contribution is 2.44. The highest BCUT2D eigenvalue weighted by atomic mass is 16.2. The third kappa shape index (κ3) is 2.66. The van der Waals surface area contributed by atoms with Gasteiger partial charge < -0.3 is 5.32 Å². The van der Waals surface area contributed by atoms with Crippen molar-refractivity contribution in [3.8, 4) is 11.3 Å². The van der Waals surface area contributed by atoms with Gasteiger partial charge in [0.05, 0.1) is 11.4 Å². The number of nitrogens with one attached hydrogen (secondary N) is 2. The van der Waals surface area contributed by atoms with Gasteiger partial charge in [-0.15, -0.1) is 0 Å². The zero-order valence-corrected chi connectivity index (χ0v) is 13.9. The summed E-state index contributed by atoms with van der Waals surface area (Å²) >= 11 is 0. The minimum atomic E-state index is -0.0354. The fraction of sp³-hybridized carbons (Fsp3) is 0.588. The van der Waals surface area contributed by atoms with E-state index in [9.17, 15) is 4.79 Å². The molecule has 2 saturated carbocycles. The van der Waals surface area contributed by atoms with Crippen LogP contribution in [-0.4, -0.2) is 31.9 Å². The number of hydrogen-bond donors (Lipinski definition) is 2. The van der Waals surface area contributed by atoms with E-state index in [2.05, 4.69) is 20.6 Å². The van der Waals surface area contributed by atoms with Crippen LogP contribution in [-0.2, 0) is 7.05 Å². The van der Waals surface area contributed by atoms with E-state index in [1.165, 1.54) is 25.7 Å². The molecule has 2 N–H and O–H groups in total. The van der Waals surface area contributed by atoms with Gasteiger partial charge in [0, 0.05) is 24.3 Å². The molecule has 2 aliphatic carbocycles. The molecular formula is C17H23N5O. The lowest BCUT2D eigenvalue weighted by Gasteiger charge is -2.16. The van der Waals surface area contributed by atoms with Gasteiger partial charge >= 0.3 is 0 Å². The molecule has 0 spiro atoms. The van der Waals surface area contributed by atoms with Crippen LogP contribution in [0.15, 0.2) is 6.07 Å². The van der Waals surface area contributed by atoms with Crippen LogP contribution in [0.2, 0.25) is 0 Å². The summed E-state index contributed by atoms with van der Waals surface area (Å²) in [5.41, 5.74) is 4.30. The molecule has 6 nitrogen and oxygen atoms in total. The second-order valence-corrected chi connectivity index (χ2v) is 7.01. The predicted molar refractivity (Wildman–Crippen MR) is 87.0 cm³/mol. The lowest BCUT2D eigenvalue weighted by atomic mass is 10.1. The second-order valence-electron chi connectivity index (χ2n) is 7.01. The Morgan fingerprint density at radius 3 is 2.48 bits per heavy atom. The molecule has 4 rings (SSSR count). The molecule has 0 aromatic carbocycles.